The van der Waals surface area contributed by atoms with Crippen molar-refractivity contribution in [3.8, 4) is 5.75 Å². The van der Waals surface area contributed by atoms with Crippen molar-refractivity contribution >= 4 is 17.5 Å². The van der Waals surface area contributed by atoms with E-state index >= 15 is 0 Å². The first-order valence-corrected chi connectivity index (χ1v) is 8.64. The Kier molecular flexibility index (Phi) is 5.96. The van der Waals surface area contributed by atoms with Gasteiger partial charge in [-0.05, 0) is 18.1 Å². The van der Waals surface area contributed by atoms with E-state index in [2.05, 4.69) is 19.9 Å². The molecule has 0 radical (unpaired) electrons. The summed E-state index contributed by atoms with van der Waals surface area (Å²) in [6, 6.07) is 7.98. The first-order valence-electron chi connectivity index (χ1n) is 7.65. The molecule has 0 aromatic heterocycles. The Bertz CT molecular complexity index is 444. The number of carbonyl (C=O) groups excluding carboxylic acids is 1. The number of hydrogen-bond donors (Lipinski definition) is 0. The molecule has 2 rings (SSSR count). The number of rotatable bonds is 7. The predicted octanol–water partition coefficient (Wildman–Crippen LogP) is 4.72. The van der Waals surface area contributed by atoms with E-state index in [1.807, 2.05) is 18.2 Å². The van der Waals surface area contributed by atoms with E-state index in [1.54, 1.807) is 11.8 Å². The zero-order chi connectivity index (χ0) is 14.4. The van der Waals surface area contributed by atoms with Crippen LogP contribution in [0, 0.1) is 5.92 Å². The summed E-state index contributed by atoms with van der Waals surface area (Å²) in [6.07, 6.45) is 5.08. The van der Waals surface area contributed by atoms with E-state index < -0.39 is 0 Å². The number of benzene rings is 1. The fourth-order valence-electron chi connectivity index (χ4n) is 2.54. The normalized spacial score (nSPS) is 19.0. The summed E-state index contributed by atoms with van der Waals surface area (Å²) in [5, 5.41) is 0. The van der Waals surface area contributed by atoms with Gasteiger partial charge in [0, 0.05) is 17.1 Å². The lowest BCUT2D eigenvalue weighted by molar-refractivity contribution is -0.126. The number of fused-ring (bicyclic) bond motifs is 1. The predicted molar refractivity (Wildman–Crippen MR) is 84.5 cm³/mol. The molecule has 2 nitrogen and oxygen atoms in total. The van der Waals surface area contributed by atoms with Gasteiger partial charge in [-0.15, -0.1) is 11.8 Å². The van der Waals surface area contributed by atoms with E-state index in [0.717, 1.165) is 29.2 Å². The first-order chi connectivity index (χ1) is 9.74. The molecule has 1 aliphatic rings. The summed E-state index contributed by atoms with van der Waals surface area (Å²) in [5.74, 6) is 2.41. The lowest BCUT2D eigenvalue weighted by atomic mass is 9.92. The molecule has 0 N–H and O–H groups in total. The Hall–Kier alpha value is -0.960. The van der Waals surface area contributed by atoms with Gasteiger partial charge in [-0.1, -0.05) is 51.7 Å². The fourth-order valence-corrected chi connectivity index (χ4v) is 3.56. The molecule has 2 atom stereocenters. The highest BCUT2D eigenvalue weighted by molar-refractivity contribution is 7.99. The number of para-hydroxylation sites is 1. The number of Topliss-reactive ketones (excluding diaryl/α,β-unsaturated/α-hetero) is 1. The van der Waals surface area contributed by atoms with Crippen LogP contribution in [0.4, 0.5) is 0 Å². The average molecular weight is 292 g/mol. The van der Waals surface area contributed by atoms with Crippen molar-refractivity contribution in [2.24, 2.45) is 5.92 Å². The monoisotopic (exact) mass is 292 g/mol. The lowest BCUT2D eigenvalue weighted by Crippen LogP contribution is -2.33. The molecule has 2 unspecified atom stereocenters. The number of hydrogen-bond acceptors (Lipinski definition) is 3. The zero-order valence-corrected chi connectivity index (χ0v) is 13.2. The van der Waals surface area contributed by atoms with E-state index in [0.29, 0.717) is 12.3 Å². The van der Waals surface area contributed by atoms with Crippen LogP contribution < -0.4 is 4.74 Å². The maximum absolute atomic E-state index is 12.4. The number of carbonyl (C=O) groups is 1. The van der Waals surface area contributed by atoms with Gasteiger partial charge in [0.1, 0.15) is 5.75 Å². The smallest absolute Gasteiger partial charge is 0.174 e. The Morgan fingerprint density at radius 1 is 1.40 bits per heavy atom. The number of ketones is 1. The summed E-state index contributed by atoms with van der Waals surface area (Å²) in [6.45, 7) is 4.38. The van der Waals surface area contributed by atoms with Gasteiger partial charge in [0.15, 0.2) is 11.9 Å². The van der Waals surface area contributed by atoms with E-state index in [1.165, 1.54) is 12.8 Å². The van der Waals surface area contributed by atoms with Crippen LogP contribution in [0.15, 0.2) is 29.2 Å². The molecular formula is C17H24O2S. The second-order valence-electron chi connectivity index (χ2n) is 5.45. The molecular weight excluding hydrogens is 268 g/mol. The second-order valence-corrected chi connectivity index (χ2v) is 6.51. The van der Waals surface area contributed by atoms with Crippen molar-refractivity contribution in [2.45, 2.75) is 57.0 Å². The molecule has 0 spiro atoms. The molecule has 0 bridgehead atoms. The van der Waals surface area contributed by atoms with Crippen molar-refractivity contribution in [2.75, 3.05) is 5.75 Å². The third-order valence-corrected chi connectivity index (χ3v) is 5.02. The molecule has 0 aliphatic carbocycles. The van der Waals surface area contributed by atoms with Crippen LogP contribution >= 0.6 is 11.8 Å². The largest absolute Gasteiger partial charge is 0.481 e. The van der Waals surface area contributed by atoms with Gasteiger partial charge in [-0.25, -0.2) is 0 Å². The van der Waals surface area contributed by atoms with Gasteiger partial charge in [0.2, 0.25) is 0 Å². The molecule has 0 saturated heterocycles. The highest BCUT2D eigenvalue weighted by Gasteiger charge is 2.27. The molecule has 1 aromatic rings. The van der Waals surface area contributed by atoms with Gasteiger partial charge in [0.05, 0.1) is 0 Å². The van der Waals surface area contributed by atoms with Crippen LogP contribution in [0.25, 0.3) is 0 Å². The molecule has 1 aliphatic heterocycles. The van der Waals surface area contributed by atoms with Gasteiger partial charge in [0.25, 0.3) is 0 Å². The fraction of sp³-hybridized carbons (Fsp3) is 0.588. The summed E-state index contributed by atoms with van der Waals surface area (Å²) < 4.78 is 5.87. The molecule has 110 valence electrons. The minimum atomic E-state index is -0.259. The summed E-state index contributed by atoms with van der Waals surface area (Å²) in [7, 11) is 0. The number of thioether (sulfide) groups is 1. The number of unbranched alkanes of at least 4 members (excludes halogenated alkanes) is 1. The minimum Gasteiger partial charge on any atom is -0.481 e. The molecule has 1 aromatic carbocycles. The first kappa shape index (κ1) is 15.4. The third-order valence-electron chi connectivity index (χ3n) is 3.90. The zero-order valence-electron chi connectivity index (χ0n) is 12.4. The maximum atomic E-state index is 12.4. The quantitative estimate of drug-likeness (QED) is 0.727. The molecule has 3 heteroatoms. The molecule has 20 heavy (non-hydrogen) atoms. The summed E-state index contributed by atoms with van der Waals surface area (Å²) in [4.78, 5) is 13.5. The SMILES string of the molecule is CCCCC(CC)CC(=O)C1CSc2ccccc2O1. The van der Waals surface area contributed by atoms with Crippen LogP contribution in [0.5, 0.6) is 5.75 Å². The van der Waals surface area contributed by atoms with Crippen LogP contribution in [0.2, 0.25) is 0 Å². The van der Waals surface area contributed by atoms with Crippen molar-refractivity contribution in [3.05, 3.63) is 24.3 Å². The Morgan fingerprint density at radius 3 is 2.95 bits per heavy atom. The minimum absolute atomic E-state index is 0.259. The Morgan fingerprint density at radius 2 is 2.20 bits per heavy atom. The maximum Gasteiger partial charge on any atom is 0.174 e. The third kappa shape index (κ3) is 4.02. The van der Waals surface area contributed by atoms with Crippen LogP contribution in [0.1, 0.15) is 46.0 Å². The van der Waals surface area contributed by atoms with E-state index in [4.69, 9.17) is 4.74 Å². The summed E-state index contributed by atoms with van der Waals surface area (Å²) >= 11 is 1.73. The topological polar surface area (TPSA) is 26.3 Å². The van der Waals surface area contributed by atoms with Crippen molar-refractivity contribution < 1.29 is 9.53 Å². The van der Waals surface area contributed by atoms with Gasteiger partial charge < -0.3 is 4.74 Å². The lowest BCUT2D eigenvalue weighted by Gasteiger charge is -2.25. The average Bonchev–Trinajstić information content (AvgIpc) is 2.50. The Balaban J connectivity index is 1.90. The van der Waals surface area contributed by atoms with E-state index in [9.17, 15) is 4.79 Å². The van der Waals surface area contributed by atoms with Crippen LogP contribution in [-0.4, -0.2) is 17.6 Å². The molecule has 0 fully saturated rings. The molecule has 0 amide bonds. The summed E-state index contributed by atoms with van der Waals surface area (Å²) in [5.41, 5.74) is 0. The standard InChI is InChI=1S/C17H24O2S/c1-3-5-8-13(4-2)11-14(18)16-12-20-17-10-7-6-9-15(17)19-16/h6-7,9-10,13,16H,3-5,8,11-12H2,1-2H3. The molecule has 0 saturated carbocycles. The van der Waals surface area contributed by atoms with Gasteiger partial charge in [-0.3, -0.25) is 4.79 Å². The van der Waals surface area contributed by atoms with Gasteiger partial charge >= 0.3 is 0 Å². The van der Waals surface area contributed by atoms with Crippen molar-refractivity contribution in [1.82, 2.24) is 0 Å². The van der Waals surface area contributed by atoms with E-state index in [-0.39, 0.29) is 11.9 Å². The number of ether oxygens (including phenoxy) is 1. The van der Waals surface area contributed by atoms with Crippen LogP contribution in [0.3, 0.4) is 0 Å². The van der Waals surface area contributed by atoms with Crippen LogP contribution in [-0.2, 0) is 4.79 Å². The molecule has 1 heterocycles. The van der Waals surface area contributed by atoms with Crippen molar-refractivity contribution in [3.63, 3.8) is 0 Å². The Labute approximate surface area is 126 Å². The van der Waals surface area contributed by atoms with Crippen molar-refractivity contribution in [1.29, 1.82) is 0 Å². The highest BCUT2D eigenvalue weighted by Crippen LogP contribution is 2.35. The van der Waals surface area contributed by atoms with Gasteiger partial charge in [-0.2, -0.15) is 0 Å². The highest BCUT2D eigenvalue weighted by atomic mass is 32.2. The second kappa shape index (κ2) is 7.72.